The van der Waals surface area contributed by atoms with E-state index in [0.29, 0.717) is 33.4 Å². The lowest BCUT2D eigenvalue weighted by Crippen LogP contribution is -2.28. The molecule has 9 heteroatoms. The number of carbonyl (C=O) groups is 1. The number of hydrogen-bond acceptors (Lipinski definition) is 5. The van der Waals surface area contributed by atoms with Crippen molar-refractivity contribution in [3.05, 3.63) is 76.3 Å². The highest BCUT2D eigenvalue weighted by Gasteiger charge is 2.12. The maximum atomic E-state index is 12.9. The Bertz CT molecular complexity index is 1290. The molecule has 0 saturated carbocycles. The average Bonchev–Trinajstić information content (AvgIpc) is 3.21. The minimum atomic E-state index is -0.362. The van der Waals surface area contributed by atoms with Gasteiger partial charge < -0.3 is 19.4 Å². The molecule has 0 radical (unpaired) electrons. The molecule has 1 N–H and O–H groups in total. The van der Waals surface area contributed by atoms with Gasteiger partial charge in [0.2, 0.25) is 5.91 Å². The van der Waals surface area contributed by atoms with E-state index in [4.69, 9.17) is 21.1 Å². The molecule has 0 spiro atoms. The molecule has 0 aliphatic rings. The van der Waals surface area contributed by atoms with Crippen LogP contribution in [0, 0.1) is 0 Å². The summed E-state index contributed by atoms with van der Waals surface area (Å²) in [6.07, 6.45) is 3.16. The monoisotopic (exact) mass is 438 g/mol. The zero-order chi connectivity index (χ0) is 22.0. The maximum absolute atomic E-state index is 12.9. The highest BCUT2D eigenvalue weighted by molar-refractivity contribution is 6.30. The van der Waals surface area contributed by atoms with Crippen molar-refractivity contribution in [2.75, 3.05) is 19.5 Å². The van der Waals surface area contributed by atoms with Crippen LogP contribution in [-0.2, 0) is 11.3 Å². The van der Waals surface area contributed by atoms with Crippen molar-refractivity contribution < 1.29 is 14.3 Å². The number of amides is 1. The van der Waals surface area contributed by atoms with Gasteiger partial charge in [0.15, 0.2) is 0 Å². The number of fused-ring (bicyclic) bond motifs is 1. The molecule has 0 aliphatic carbocycles. The molecular weight excluding hydrogens is 420 g/mol. The number of nitrogens with zero attached hydrogens (tertiary/aromatic N) is 3. The molecule has 0 fully saturated rings. The molecule has 2 aromatic heterocycles. The Morgan fingerprint density at radius 3 is 2.35 bits per heavy atom. The van der Waals surface area contributed by atoms with Crippen molar-refractivity contribution in [2.45, 2.75) is 6.54 Å². The van der Waals surface area contributed by atoms with Crippen molar-refractivity contribution in [3.63, 3.8) is 0 Å². The van der Waals surface area contributed by atoms with E-state index >= 15 is 0 Å². The third-order valence-electron chi connectivity index (χ3n) is 4.69. The van der Waals surface area contributed by atoms with Gasteiger partial charge in [0.25, 0.3) is 5.56 Å². The Balaban J connectivity index is 1.57. The fourth-order valence-corrected chi connectivity index (χ4v) is 3.27. The number of rotatable bonds is 6. The Labute approximate surface area is 182 Å². The van der Waals surface area contributed by atoms with Crippen LogP contribution in [0.1, 0.15) is 0 Å². The lowest BCUT2D eigenvalue weighted by atomic mass is 10.1. The molecule has 0 aliphatic heterocycles. The van der Waals surface area contributed by atoms with Crippen LogP contribution < -0.4 is 20.3 Å². The number of benzene rings is 2. The van der Waals surface area contributed by atoms with Crippen LogP contribution >= 0.6 is 11.6 Å². The smallest absolute Gasteiger partial charge is 0.277 e. The fraction of sp³-hybridized carbons (Fsp3) is 0.136. The quantitative estimate of drug-likeness (QED) is 0.498. The van der Waals surface area contributed by atoms with Crippen molar-refractivity contribution in [3.8, 4) is 22.8 Å². The van der Waals surface area contributed by atoms with E-state index in [9.17, 15) is 9.59 Å². The molecule has 4 rings (SSSR count). The van der Waals surface area contributed by atoms with Crippen molar-refractivity contribution in [1.82, 2.24) is 14.2 Å². The van der Waals surface area contributed by atoms with Crippen LogP contribution in [0.5, 0.6) is 11.5 Å². The molecule has 0 unspecified atom stereocenters. The first kappa shape index (κ1) is 20.5. The third kappa shape index (κ3) is 4.39. The highest BCUT2D eigenvalue weighted by Crippen LogP contribution is 2.25. The van der Waals surface area contributed by atoms with E-state index in [1.807, 2.05) is 12.1 Å². The molecule has 1 amide bonds. The summed E-state index contributed by atoms with van der Waals surface area (Å²) in [5, 5.41) is 7.81. The van der Waals surface area contributed by atoms with Gasteiger partial charge >= 0.3 is 0 Å². The van der Waals surface area contributed by atoms with Gasteiger partial charge in [0, 0.05) is 46.9 Å². The molecule has 158 valence electrons. The largest absolute Gasteiger partial charge is 0.497 e. The second kappa shape index (κ2) is 8.53. The van der Waals surface area contributed by atoms with Gasteiger partial charge in [-0.15, -0.1) is 0 Å². The Morgan fingerprint density at radius 1 is 1.03 bits per heavy atom. The highest BCUT2D eigenvalue weighted by atomic mass is 35.5. The molecular formula is C22H19ClN4O4. The number of aromatic nitrogens is 3. The third-order valence-corrected chi connectivity index (χ3v) is 4.94. The lowest BCUT2D eigenvalue weighted by molar-refractivity contribution is -0.116. The predicted molar refractivity (Wildman–Crippen MR) is 118 cm³/mol. The molecule has 2 heterocycles. The number of ether oxygens (including phenoxy) is 2. The molecule has 2 aromatic carbocycles. The number of methoxy groups -OCH3 is 2. The summed E-state index contributed by atoms with van der Waals surface area (Å²) in [5.74, 6) is 0.726. The van der Waals surface area contributed by atoms with E-state index in [0.717, 1.165) is 5.56 Å². The van der Waals surface area contributed by atoms with Gasteiger partial charge in [-0.05, 0) is 18.2 Å². The van der Waals surface area contributed by atoms with E-state index in [1.54, 1.807) is 42.6 Å². The summed E-state index contributed by atoms with van der Waals surface area (Å²) in [6, 6.07) is 13.9. The second-order valence-corrected chi connectivity index (χ2v) is 7.18. The van der Waals surface area contributed by atoms with Crippen LogP contribution in [0.15, 0.2) is 65.7 Å². The minimum absolute atomic E-state index is 0.156. The topological polar surface area (TPSA) is 86.9 Å². The number of halogens is 1. The van der Waals surface area contributed by atoms with Gasteiger partial charge in [0.1, 0.15) is 23.6 Å². The molecule has 8 nitrogen and oxygen atoms in total. The van der Waals surface area contributed by atoms with Gasteiger partial charge in [-0.25, -0.2) is 4.52 Å². The van der Waals surface area contributed by atoms with Crippen LogP contribution in [0.3, 0.4) is 0 Å². The van der Waals surface area contributed by atoms with E-state index in [-0.39, 0.29) is 18.0 Å². The number of carbonyl (C=O) groups excluding carboxylic acids is 1. The average molecular weight is 439 g/mol. The zero-order valence-corrected chi connectivity index (χ0v) is 17.6. The van der Waals surface area contributed by atoms with Gasteiger partial charge in [-0.1, -0.05) is 23.7 Å². The van der Waals surface area contributed by atoms with Gasteiger partial charge in [-0.3, -0.25) is 9.59 Å². The molecule has 4 aromatic rings. The SMILES string of the molecule is COc1cc(NC(=O)Cn2ccn3nc(-c4ccc(Cl)cc4)cc3c2=O)cc(OC)c1. The summed E-state index contributed by atoms with van der Waals surface area (Å²) in [7, 11) is 3.05. The summed E-state index contributed by atoms with van der Waals surface area (Å²) in [5.41, 5.74) is 2.02. The van der Waals surface area contributed by atoms with Crippen molar-refractivity contribution in [2.24, 2.45) is 0 Å². The first-order valence-corrected chi connectivity index (χ1v) is 9.72. The Morgan fingerprint density at radius 2 is 1.71 bits per heavy atom. The van der Waals surface area contributed by atoms with Crippen molar-refractivity contribution >= 4 is 28.7 Å². The lowest BCUT2D eigenvalue weighted by Gasteiger charge is -2.11. The van der Waals surface area contributed by atoms with Crippen LogP contribution in [0.2, 0.25) is 5.02 Å². The van der Waals surface area contributed by atoms with Gasteiger partial charge in [-0.2, -0.15) is 5.10 Å². The number of anilines is 1. The van der Waals surface area contributed by atoms with E-state index in [2.05, 4.69) is 10.4 Å². The van der Waals surface area contributed by atoms with Crippen molar-refractivity contribution in [1.29, 1.82) is 0 Å². The molecule has 0 atom stereocenters. The predicted octanol–water partition coefficient (Wildman–Crippen LogP) is 3.47. The normalized spacial score (nSPS) is 10.8. The Kier molecular flexibility index (Phi) is 5.64. The summed E-state index contributed by atoms with van der Waals surface area (Å²) < 4.78 is 13.2. The van der Waals surface area contributed by atoms with Crippen LogP contribution in [0.4, 0.5) is 5.69 Å². The number of nitrogens with one attached hydrogen (secondary N) is 1. The fourth-order valence-electron chi connectivity index (χ4n) is 3.15. The first-order chi connectivity index (χ1) is 15.0. The summed E-state index contributed by atoms with van der Waals surface area (Å²) in [6.45, 7) is -0.156. The Hall–Kier alpha value is -3.78. The standard InChI is InChI=1S/C22H19ClN4O4/c1-30-17-9-16(10-18(11-17)31-2)24-21(28)13-26-7-8-27-20(22(26)29)12-19(25-27)14-3-5-15(23)6-4-14/h3-12H,13H2,1-2H3,(H,24,28). The maximum Gasteiger partial charge on any atom is 0.277 e. The van der Waals surface area contributed by atoms with Gasteiger partial charge in [0.05, 0.1) is 19.9 Å². The molecule has 0 bridgehead atoms. The summed E-state index contributed by atoms with van der Waals surface area (Å²) in [4.78, 5) is 25.4. The molecule has 0 saturated heterocycles. The summed E-state index contributed by atoms with van der Waals surface area (Å²) >= 11 is 5.93. The first-order valence-electron chi connectivity index (χ1n) is 9.34. The number of hydrogen-bond donors (Lipinski definition) is 1. The minimum Gasteiger partial charge on any atom is -0.497 e. The zero-order valence-electron chi connectivity index (χ0n) is 16.8. The van der Waals surface area contributed by atoms with E-state index in [1.165, 1.54) is 29.5 Å². The van der Waals surface area contributed by atoms with Crippen LogP contribution in [0.25, 0.3) is 16.8 Å². The molecule has 31 heavy (non-hydrogen) atoms. The van der Waals surface area contributed by atoms with E-state index < -0.39 is 0 Å². The second-order valence-electron chi connectivity index (χ2n) is 6.75. The van der Waals surface area contributed by atoms with Crippen LogP contribution in [-0.4, -0.2) is 34.3 Å².